The van der Waals surface area contributed by atoms with Crippen molar-refractivity contribution in [3.63, 3.8) is 0 Å². The third-order valence-corrected chi connectivity index (χ3v) is 3.82. The quantitative estimate of drug-likeness (QED) is 0.839. The Bertz CT molecular complexity index is 455. The Kier molecular flexibility index (Phi) is 5.16. The number of pyridine rings is 1. The molecule has 0 saturated carbocycles. The third kappa shape index (κ3) is 3.38. The van der Waals surface area contributed by atoms with E-state index in [2.05, 4.69) is 28.7 Å². The molecule has 1 unspecified atom stereocenters. The van der Waals surface area contributed by atoms with Crippen LogP contribution < -0.4 is 10.2 Å². The number of hydrogen-bond donors (Lipinski definition) is 1. The fourth-order valence-electron chi connectivity index (χ4n) is 2.71. The average Bonchev–Trinajstić information content (AvgIpc) is 2.52. The minimum atomic E-state index is -0.151. The zero-order valence-corrected chi connectivity index (χ0v) is 12.1. The lowest BCUT2D eigenvalue weighted by Gasteiger charge is -2.37. The van der Waals surface area contributed by atoms with Gasteiger partial charge in [-0.15, -0.1) is 6.58 Å². The number of rotatable bonds is 5. The molecule has 20 heavy (non-hydrogen) atoms. The SMILES string of the molecule is C=CCNC(=O)c1ccc(N2CCCCC2CC)cn1. The topological polar surface area (TPSA) is 45.2 Å². The first kappa shape index (κ1) is 14.6. The summed E-state index contributed by atoms with van der Waals surface area (Å²) in [6.45, 7) is 7.36. The normalized spacial score (nSPS) is 18.6. The largest absolute Gasteiger partial charge is 0.367 e. The van der Waals surface area contributed by atoms with Crippen molar-refractivity contribution in [3.05, 3.63) is 36.7 Å². The Hall–Kier alpha value is -1.84. The highest BCUT2D eigenvalue weighted by Gasteiger charge is 2.21. The molecule has 0 bridgehead atoms. The number of amides is 1. The molecular formula is C16H23N3O. The van der Waals surface area contributed by atoms with Gasteiger partial charge in [0.2, 0.25) is 0 Å². The van der Waals surface area contributed by atoms with Gasteiger partial charge in [-0.3, -0.25) is 4.79 Å². The second-order valence-corrected chi connectivity index (χ2v) is 5.15. The van der Waals surface area contributed by atoms with E-state index in [1.165, 1.54) is 19.3 Å². The predicted molar refractivity (Wildman–Crippen MR) is 82.0 cm³/mol. The van der Waals surface area contributed by atoms with Gasteiger partial charge < -0.3 is 10.2 Å². The molecule has 2 rings (SSSR count). The number of anilines is 1. The Morgan fingerprint density at radius 2 is 2.40 bits per heavy atom. The Labute approximate surface area is 120 Å². The van der Waals surface area contributed by atoms with Gasteiger partial charge in [0.25, 0.3) is 5.91 Å². The van der Waals surface area contributed by atoms with Crippen molar-refractivity contribution in [3.8, 4) is 0 Å². The van der Waals surface area contributed by atoms with E-state index in [-0.39, 0.29) is 5.91 Å². The van der Waals surface area contributed by atoms with Gasteiger partial charge in [0.05, 0.1) is 11.9 Å². The lowest BCUT2D eigenvalue weighted by Crippen LogP contribution is -2.39. The van der Waals surface area contributed by atoms with E-state index < -0.39 is 0 Å². The molecule has 1 fully saturated rings. The van der Waals surface area contributed by atoms with Crippen LogP contribution in [-0.2, 0) is 0 Å². The summed E-state index contributed by atoms with van der Waals surface area (Å²) < 4.78 is 0. The maximum Gasteiger partial charge on any atom is 0.270 e. The van der Waals surface area contributed by atoms with Crippen molar-refractivity contribution in [2.45, 2.75) is 38.6 Å². The second kappa shape index (κ2) is 7.08. The fourth-order valence-corrected chi connectivity index (χ4v) is 2.71. The standard InChI is InChI=1S/C16H23N3O/c1-3-10-17-16(20)15-9-8-14(12-18-15)19-11-6-5-7-13(19)4-2/h3,8-9,12-13H,1,4-7,10-11H2,2H3,(H,17,20). The molecule has 108 valence electrons. The molecule has 0 aliphatic carbocycles. The maximum atomic E-state index is 11.8. The Morgan fingerprint density at radius 1 is 1.55 bits per heavy atom. The van der Waals surface area contributed by atoms with E-state index in [1.807, 2.05) is 12.3 Å². The first-order chi connectivity index (χ1) is 9.76. The average molecular weight is 273 g/mol. The molecular weight excluding hydrogens is 250 g/mol. The van der Waals surface area contributed by atoms with Gasteiger partial charge in [-0.05, 0) is 37.8 Å². The van der Waals surface area contributed by atoms with Crippen LogP contribution >= 0.6 is 0 Å². The van der Waals surface area contributed by atoms with Gasteiger partial charge in [-0.25, -0.2) is 4.98 Å². The van der Waals surface area contributed by atoms with Gasteiger partial charge >= 0.3 is 0 Å². The first-order valence-electron chi connectivity index (χ1n) is 7.38. The number of piperidine rings is 1. The summed E-state index contributed by atoms with van der Waals surface area (Å²) in [5.41, 5.74) is 1.58. The molecule has 0 aromatic carbocycles. The van der Waals surface area contributed by atoms with Crippen LogP contribution in [0.25, 0.3) is 0 Å². The molecule has 2 heterocycles. The molecule has 0 spiro atoms. The molecule has 1 atom stereocenters. The zero-order chi connectivity index (χ0) is 14.4. The van der Waals surface area contributed by atoms with Crippen molar-refractivity contribution in [2.75, 3.05) is 18.0 Å². The highest BCUT2D eigenvalue weighted by atomic mass is 16.1. The molecule has 0 radical (unpaired) electrons. The summed E-state index contributed by atoms with van der Waals surface area (Å²) in [5, 5.41) is 2.73. The molecule has 1 N–H and O–H groups in total. The number of hydrogen-bond acceptors (Lipinski definition) is 3. The summed E-state index contributed by atoms with van der Waals surface area (Å²) in [7, 11) is 0. The summed E-state index contributed by atoms with van der Waals surface area (Å²) in [4.78, 5) is 18.5. The van der Waals surface area contributed by atoms with Crippen LogP contribution in [0.2, 0.25) is 0 Å². The van der Waals surface area contributed by atoms with Gasteiger partial charge in [0.15, 0.2) is 0 Å². The number of nitrogens with zero attached hydrogens (tertiary/aromatic N) is 2. The number of nitrogens with one attached hydrogen (secondary N) is 1. The van der Waals surface area contributed by atoms with E-state index in [9.17, 15) is 4.79 Å². The minimum absolute atomic E-state index is 0.151. The van der Waals surface area contributed by atoms with Crippen molar-refractivity contribution >= 4 is 11.6 Å². The van der Waals surface area contributed by atoms with Crippen LogP contribution in [0.1, 0.15) is 43.1 Å². The number of carbonyl (C=O) groups is 1. The van der Waals surface area contributed by atoms with Crippen molar-refractivity contribution in [1.82, 2.24) is 10.3 Å². The summed E-state index contributed by atoms with van der Waals surface area (Å²) in [5.74, 6) is -0.151. The van der Waals surface area contributed by atoms with Crippen molar-refractivity contribution in [2.24, 2.45) is 0 Å². The van der Waals surface area contributed by atoms with E-state index in [1.54, 1.807) is 12.1 Å². The van der Waals surface area contributed by atoms with Crippen molar-refractivity contribution < 1.29 is 4.79 Å². The molecule has 1 aromatic rings. The minimum Gasteiger partial charge on any atom is -0.367 e. The summed E-state index contributed by atoms with van der Waals surface area (Å²) >= 11 is 0. The molecule has 1 aliphatic rings. The summed E-state index contributed by atoms with van der Waals surface area (Å²) in [6, 6.07) is 4.41. The van der Waals surface area contributed by atoms with Crippen LogP contribution in [-0.4, -0.2) is 30.0 Å². The van der Waals surface area contributed by atoms with Gasteiger partial charge in [0, 0.05) is 19.1 Å². The predicted octanol–water partition coefficient (Wildman–Crippen LogP) is 2.77. The Balaban J connectivity index is 2.07. The molecule has 1 saturated heterocycles. The lowest BCUT2D eigenvalue weighted by atomic mass is 9.99. The van der Waals surface area contributed by atoms with E-state index >= 15 is 0 Å². The van der Waals surface area contributed by atoms with Crippen molar-refractivity contribution in [1.29, 1.82) is 0 Å². The van der Waals surface area contributed by atoms with E-state index in [0.717, 1.165) is 18.7 Å². The van der Waals surface area contributed by atoms with E-state index in [4.69, 9.17) is 0 Å². The lowest BCUT2D eigenvalue weighted by molar-refractivity contribution is 0.0953. The molecule has 4 nitrogen and oxygen atoms in total. The highest BCUT2D eigenvalue weighted by molar-refractivity contribution is 5.92. The summed E-state index contributed by atoms with van der Waals surface area (Å²) in [6.07, 6.45) is 8.42. The van der Waals surface area contributed by atoms with E-state index in [0.29, 0.717) is 18.3 Å². The third-order valence-electron chi connectivity index (χ3n) is 3.82. The van der Waals surface area contributed by atoms with Crippen LogP contribution in [0.5, 0.6) is 0 Å². The first-order valence-corrected chi connectivity index (χ1v) is 7.38. The van der Waals surface area contributed by atoms with Crippen LogP contribution in [0.4, 0.5) is 5.69 Å². The smallest absolute Gasteiger partial charge is 0.270 e. The molecule has 1 aromatic heterocycles. The molecule has 4 heteroatoms. The Morgan fingerprint density at radius 3 is 3.05 bits per heavy atom. The van der Waals surface area contributed by atoms with Gasteiger partial charge in [0.1, 0.15) is 5.69 Å². The number of aromatic nitrogens is 1. The fraction of sp³-hybridized carbons (Fsp3) is 0.500. The van der Waals surface area contributed by atoms with Crippen LogP contribution in [0, 0.1) is 0 Å². The zero-order valence-electron chi connectivity index (χ0n) is 12.1. The monoisotopic (exact) mass is 273 g/mol. The molecule has 1 amide bonds. The van der Waals surface area contributed by atoms with Gasteiger partial charge in [-0.2, -0.15) is 0 Å². The second-order valence-electron chi connectivity index (χ2n) is 5.15. The highest BCUT2D eigenvalue weighted by Crippen LogP contribution is 2.25. The number of carbonyl (C=O) groups excluding carboxylic acids is 1. The van der Waals surface area contributed by atoms with Crippen LogP contribution in [0.15, 0.2) is 31.0 Å². The maximum absolute atomic E-state index is 11.8. The van der Waals surface area contributed by atoms with Gasteiger partial charge in [-0.1, -0.05) is 13.0 Å². The van der Waals surface area contributed by atoms with Crippen LogP contribution in [0.3, 0.4) is 0 Å². The molecule has 1 aliphatic heterocycles.